The predicted molar refractivity (Wildman–Crippen MR) is 43.8 cm³/mol. The molecule has 0 atom stereocenters. The van der Waals surface area contributed by atoms with E-state index in [2.05, 4.69) is 9.47 Å². The first-order valence-electron chi connectivity index (χ1n) is 4.18. The van der Waals surface area contributed by atoms with Crippen LogP contribution >= 0.6 is 0 Å². The Balaban J connectivity index is 3.08. The average molecular weight is 176 g/mol. The first-order valence-corrected chi connectivity index (χ1v) is 4.18. The van der Waals surface area contributed by atoms with E-state index in [0.717, 1.165) is 12.8 Å². The molecule has 0 aromatic rings. The average Bonchev–Trinajstić information content (AvgIpc) is 2.09. The van der Waals surface area contributed by atoms with Crippen LogP contribution in [0.4, 0.5) is 4.79 Å². The summed E-state index contributed by atoms with van der Waals surface area (Å²) in [4.78, 5) is 10.6. The van der Waals surface area contributed by atoms with E-state index in [1.54, 1.807) is 0 Å². The lowest BCUT2D eigenvalue weighted by molar-refractivity contribution is -0.0444. The fourth-order valence-electron chi connectivity index (χ4n) is 0.520. The Hall–Kier alpha value is -0.770. The van der Waals surface area contributed by atoms with Gasteiger partial charge in [0.2, 0.25) is 0 Å². The Bertz CT molecular complexity index is 114. The molecule has 0 saturated heterocycles. The molecule has 0 aliphatic carbocycles. The van der Waals surface area contributed by atoms with Gasteiger partial charge in [0, 0.05) is 0 Å². The first-order chi connectivity index (χ1) is 5.81. The third-order valence-electron chi connectivity index (χ3n) is 1.03. The maximum Gasteiger partial charge on any atom is 0.510 e. The summed E-state index contributed by atoms with van der Waals surface area (Å²) in [5, 5.41) is 0. The van der Waals surface area contributed by atoms with Crippen molar-refractivity contribution in [2.75, 3.05) is 20.0 Å². The van der Waals surface area contributed by atoms with Crippen molar-refractivity contribution in [2.24, 2.45) is 0 Å². The predicted octanol–water partition coefficient (Wildman–Crippen LogP) is 1.93. The summed E-state index contributed by atoms with van der Waals surface area (Å²) >= 11 is 0. The highest BCUT2D eigenvalue weighted by Gasteiger charge is 2.00. The highest BCUT2D eigenvalue weighted by atomic mass is 16.8. The standard InChI is InChI=1S/C8H16O4/c1-3-5-10-7-12-8(9)11-6-4-2/h3-7H2,1-2H3. The molecule has 0 amide bonds. The van der Waals surface area contributed by atoms with Crippen molar-refractivity contribution < 1.29 is 19.0 Å². The third-order valence-corrected chi connectivity index (χ3v) is 1.03. The molecule has 0 fully saturated rings. The summed E-state index contributed by atoms with van der Waals surface area (Å²) in [5.41, 5.74) is 0. The molecular weight excluding hydrogens is 160 g/mol. The maximum absolute atomic E-state index is 10.6. The molecule has 0 heterocycles. The van der Waals surface area contributed by atoms with Crippen molar-refractivity contribution in [2.45, 2.75) is 26.7 Å². The van der Waals surface area contributed by atoms with Gasteiger partial charge in [0.05, 0.1) is 13.2 Å². The van der Waals surface area contributed by atoms with Gasteiger partial charge < -0.3 is 14.2 Å². The van der Waals surface area contributed by atoms with E-state index >= 15 is 0 Å². The van der Waals surface area contributed by atoms with Gasteiger partial charge in [0.1, 0.15) is 0 Å². The topological polar surface area (TPSA) is 44.8 Å². The molecule has 0 N–H and O–H groups in total. The van der Waals surface area contributed by atoms with Gasteiger partial charge in [-0.15, -0.1) is 0 Å². The van der Waals surface area contributed by atoms with Crippen LogP contribution in [0, 0.1) is 0 Å². The van der Waals surface area contributed by atoms with E-state index in [0.29, 0.717) is 13.2 Å². The number of hydrogen-bond acceptors (Lipinski definition) is 4. The molecule has 0 radical (unpaired) electrons. The van der Waals surface area contributed by atoms with Crippen molar-refractivity contribution in [1.29, 1.82) is 0 Å². The Morgan fingerprint density at radius 2 is 1.75 bits per heavy atom. The van der Waals surface area contributed by atoms with Gasteiger partial charge in [-0.2, -0.15) is 0 Å². The molecule has 0 rings (SSSR count). The normalized spacial score (nSPS) is 9.50. The molecule has 12 heavy (non-hydrogen) atoms. The summed E-state index contributed by atoms with van der Waals surface area (Å²) in [6.45, 7) is 4.88. The molecule has 0 spiro atoms. The van der Waals surface area contributed by atoms with Gasteiger partial charge in [-0.25, -0.2) is 4.79 Å². The van der Waals surface area contributed by atoms with Gasteiger partial charge in [-0.05, 0) is 12.8 Å². The molecule has 0 aliphatic rings. The van der Waals surface area contributed by atoms with Crippen LogP contribution in [-0.2, 0) is 14.2 Å². The fraction of sp³-hybridized carbons (Fsp3) is 0.875. The molecule has 4 nitrogen and oxygen atoms in total. The second-order valence-electron chi connectivity index (χ2n) is 2.27. The van der Waals surface area contributed by atoms with Crippen LogP contribution in [-0.4, -0.2) is 26.2 Å². The lowest BCUT2D eigenvalue weighted by Gasteiger charge is -2.04. The largest absolute Gasteiger partial charge is 0.510 e. The maximum atomic E-state index is 10.6. The van der Waals surface area contributed by atoms with Crippen LogP contribution in [0.5, 0.6) is 0 Å². The van der Waals surface area contributed by atoms with E-state index in [1.807, 2.05) is 13.8 Å². The minimum Gasteiger partial charge on any atom is -0.434 e. The van der Waals surface area contributed by atoms with E-state index in [1.165, 1.54) is 0 Å². The molecule has 0 aliphatic heterocycles. The van der Waals surface area contributed by atoms with E-state index < -0.39 is 6.16 Å². The van der Waals surface area contributed by atoms with Crippen molar-refractivity contribution >= 4 is 6.16 Å². The molecule has 0 aromatic heterocycles. The van der Waals surface area contributed by atoms with Crippen LogP contribution in [0.25, 0.3) is 0 Å². The molecular formula is C8H16O4. The molecule has 72 valence electrons. The van der Waals surface area contributed by atoms with Crippen LogP contribution < -0.4 is 0 Å². The Labute approximate surface area is 72.8 Å². The van der Waals surface area contributed by atoms with Crippen LogP contribution in [0.2, 0.25) is 0 Å². The lowest BCUT2D eigenvalue weighted by Crippen LogP contribution is -2.11. The third kappa shape index (κ3) is 7.34. The number of ether oxygens (including phenoxy) is 3. The molecule has 0 unspecified atom stereocenters. The summed E-state index contributed by atoms with van der Waals surface area (Å²) in [5.74, 6) is 0. The monoisotopic (exact) mass is 176 g/mol. The summed E-state index contributed by atoms with van der Waals surface area (Å²) in [7, 11) is 0. The minimum atomic E-state index is -0.659. The highest BCUT2D eigenvalue weighted by molar-refractivity contribution is 5.59. The van der Waals surface area contributed by atoms with E-state index in [4.69, 9.17) is 4.74 Å². The zero-order chi connectivity index (χ0) is 9.23. The Morgan fingerprint density at radius 1 is 1.08 bits per heavy atom. The van der Waals surface area contributed by atoms with Gasteiger partial charge in [-0.3, -0.25) is 0 Å². The van der Waals surface area contributed by atoms with Gasteiger partial charge in [-0.1, -0.05) is 13.8 Å². The second-order valence-corrected chi connectivity index (χ2v) is 2.27. The number of carbonyl (C=O) groups excluding carboxylic acids is 1. The van der Waals surface area contributed by atoms with Gasteiger partial charge in [0.15, 0.2) is 6.79 Å². The summed E-state index contributed by atoms with van der Waals surface area (Å²) < 4.78 is 14.1. The Morgan fingerprint density at radius 3 is 2.33 bits per heavy atom. The number of hydrogen-bond donors (Lipinski definition) is 0. The van der Waals surface area contributed by atoms with E-state index in [-0.39, 0.29) is 6.79 Å². The smallest absolute Gasteiger partial charge is 0.434 e. The summed E-state index contributed by atoms with van der Waals surface area (Å²) in [6.07, 6.45) is 1.05. The molecule has 4 heteroatoms. The van der Waals surface area contributed by atoms with Crippen molar-refractivity contribution in [3.63, 3.8) is 0 Å². The summed E-state index contributed by atoms with van der Waals surface area (Å²) in [6, 6.07) is 0. The molecule has 0 saturated carbocycles. The first kappa shape index (κ1) is 11.2. The highest BCUT2D eigenvalue weighted by Crippen LogP contribution is 1.88. The molecule has 0 bridgehead atoms. The number of carbonyl (C=O) groups is 1. The second kappa shape index (κ2) is 8.33. The van der Waals surface area contributed by atoms with Gasteiger partial charge in [0.25, 0.3) is 0 Å². The van der Waals surface area contributed by atoms with Crippen molar-refractivity contribution in [3.8, 4) is 0 Å². The molecule has 0 aromatic carbocycles. The van der Waals surface area contributed by atoms with Crippen LogP contribution in [0.3, 0.4) is 0 Å². The van der Waals surface area contributed by atoms with E-state index in [9.17, 15) is 4.79 Å². The fourth-order valence-corrected chi connectivity index (χ4v) is 0.520. The quantitative estimate of drug-likeness (QED) is 0.352. The zero-order valence-corrected chi connectivity index (χ0v) is 7.67. The van der Waals surface area contributed by atoms with Crippen molar-refractivity contribution in [3.05, 3.63) is 0 Å². The SMILES string of the molecule is CCCOCOC(=O)OCCC. The Kier molecular flexibility index (Phi) is 7.79. The van der Waals surface area contributed by atoms with Gasteiger partial charge >= 0.3 is 6.16 Å². The number of rotatable bonds is 6. The minimum absolute atomic E-state index is 0.0175. The lowest BCUT2D eigenvalue weighted by atomic mass is 10.5. The van der Waals surface area contributed by atoms with Crippen LogP contribution in [0.1, 0.15) is 26.7 Å². The van der Waals surface area contributed by atoms with Crippen LogP contribution in [0.15, 0.2) is 0 Å². The zero-order valence-electron chi connectivity index (χ0n) is 7.67. The van der Waals surface area contributed by atoms with Crippen molar-refractivity contribution in [1.82, 2.24) is 0 Å².